The van der Waals surface area contributed by atoms with Gasteiger partial charge in [-0.15, -0.1) is 0 Å². The number of nitrogens with one attached hydrogen (secondary N) is 1. The third-order valence-electron chi connectivity index (χ3n) is 6.50. The third-order valence-corrected chi connectivity index (χ3v) is 6.50. The first-order valence-electron chi connectivity index (χ1n) is 10.9. The van der Waals surface area contributed by atoms with Gasteiger partial charge >= 0.3 is 0 Å². The van der Waals surface area contributed by atoms with Crippen molar-refractivity contribution < 1.29 is 24.2 Å². The molecule has 3 N–H and O–H groups in total. The maximum Gasteiger partial charge on any atom is 0.227 e. The second-order valence-electron chi connectivity index (χ2n) is 8.74. The average molecular weight is 443 g/mol. The normalized spacial score (nSPS) is 25.6. The Balaban J connectivity index is 1.91. The van der Waals surface area contributed by atoms with Crippen LogP contribution in [-0.2, 0) is 21.4 Å². The van der Waals surface area contributed by atoms with Crippen LogP contribution in [0.3, 0.4) is 0 Å². The Hall–Kier alpha value is -2.77. The van der Waals surface area contributed by atoms with E-state index >= 15 is 0 Å². The molecule has 1 aliphatic rings. The molecule has 0 spiro atoms. The molecular weight excluding hydrogens is 411 g/mol. The van der Waals surface area contributed by atoms with Crippen molar-refractivity contribution in [1.29, 1.82) is 0 Å². The number of hydrogen-bond donors (Lipinski definition) is 3. The summed E-state index contributed by atoms with van der Waals surface area (Å²) in [6.07, 6.45) is -0.930. The molecule has 0 aliphatic heterocycles. The van der Waals surface area contributed by atoms with Gasteiger partial charge in [0.1, 0.15) is 11.9 Å². The summed E-state index contributed by atoms with van der Waals surface area (Å²) >= 11 is 0. The Morgan fingerprint density at radius 2 is 1.88 bits per heavy atom. The summed E-state index contributed by atoms with van der Waals surface area (Å²) in [7, 11) is 1.60. The van der Waals surface area contributed by atoms with E-state index in [4.69, 9.17) is 0 Å². The van der Waals surface area contributed by atoms with Crippen molar-refractivity contribution in [1.82, 2.24) is 10.2 Å². The molecule has 2 aromatic carbocycles. The molecule has 0 unspecified atom stereocenters. The minimum atomic E-state index is -1.14. The Morgan fingerprint density at radius 1 is 1.16 bits per heavy atom. The lowest BCUT2D eigenvalue weighted by Gasteiger charge is -2.39. The molecular formula is C25H31FN2O4. The van der Waals surface area contributed by atoms with Crippen LogP contribution in [0.1, 0.15) is 37.3 Å². The number of amides is 2. The third kappa shape index (κ3) is 5.53. The predicted octanol–water partition coefficient (Wildman–Crippen LogP) is 2.17. The van der Waals surface area contributed by atoms with Gasteiger partial charge in [0, 0.05) is 25.9 Å². The number of halogens is 1. The number of hydrogen-bond acceptors (Lipinski definition) is 4. The lowest BCUT2D eigenvalue weighted by molar-refractivity contribution is -0.136. The van der Waals surface area contributed by atoms with Crippen molar-refractivity contribution in [3.05, 3.63) is 71.5 Å². The minimum absolute atomic E-state index is 0.0163. The Bertz CT molecular complexity index is 939. The van der Waals surface area contributed by atoms with Gasteiger partial charge in [-0.3, -0.25) is 9.59 Å². The summed E-state index contributed by atoms with van der Waals surface area (Å²) < 4.78 is 13.5. The highest BCUT2D eigenvalue weighted by atomic mass is 19.1. The zero-order chi connectivity index (χ0) is 23.3. The zero-order valence-corrected chi connectivity index (χ0v) is 18.5. The van der Waals surface area contributed by atoms with Crippen LogP contribution in [0.25, 0.3) is 0 Å². The van der Waals surface area contributed by atoms with Crippen LogP contribution in [0.2, 0.25) is 0 Å². The molecule has 4 atom stereocenters. The van der Waals surface area contributed by atoms with E-state index in [-0.39, 0.29) is 18.2 Å². The number of aliphatic hydroxyl groups excluding tert-OH is 2. The van der Waals surface area contributed by atoms with Gasteiger partial charge in [0.15, 0.2) is 0 Å². The van der Waals surface area contributed by atoms with Crippen molar-refractivity contribution in [2.75, 3.05) is 13.6 Å². The molecule has 1 saturated carbocycles. The van der Waals surface area contributed by atoms with E-state index in [1.54, 1.807) is 19.2 Å². The first-order chi connectivity index (χ1) is 15.2. The molecule has 32 heavy (non-hydrogen) atoms. The van der Waals surface area contributed by atoms with Crippen LogP contribution >= 0.6 is 0 Å². The summed E-state index contributed by atoms with van der Waals surface area (Å²) in [4.78, 5) is 26.2. The fraction of sp³-hybridized carbons (Fsp3) is 0.440. The van der Waals surface area contributed by atoms with Crippen LogP contribution < -0.4 is 5.32 Å². The molecule has 6 nitrogen and oxygen atoms in total. The summed E-state index contributed by atoms with van der Waals surface area (Å²) in [5.41, 5.74) is 0.952. The van der Waals surface area contributed by atoms with E-state index in [9.17, 15) is 24.2 Å². The summed E-state index contributed by atoms with van der Waals surface area (Å²) in [6.45, 7) is 1.78. The second kappa shape index (κ2) is 10.2. The van der Waals surface area contributed by atoms with E-state index < -0.39 is 29.5 Å². The van der Waals surface area contributed by atoms with Gasteiger partial charge < -0.3 is 20.4 Å². The van der Waals surface area contributed by atoms with Crippen molar-refractivity contribution in [3.63, 3.8) is 0 Å². The monoisotopic (exact) mass is 442 g/mol. The van der Waals surface area contributed by atoms with E-state index in [0.29, 0.717) is 31.4 Å². The Morgan fingerprint density at radius 3 is 2.53 bits per heavy atom. The van der Waals surface area contributed by atoms with E-state index in [1.807, 2.05) is 30.3 Å². The molecule has 0 aromatic heterocycles. The lowest BCUT2D eigenvalue weighted by Crippen LogP contribution is -2.52. The molecule has 2 aromatic rings. The van der Waals surface area contributed by atoms with Gasteiger partial charge in [0.25, 0.3) is 0 Å². The van der Waals surface area contributed by atoms with Crippen molar-refractivity contribution >= 4 is 11.8 Å². The molecule has 172 valence electrons. The Labute approximate surface area is 188 Å². The molecule has 3 rings (SSSR count). The van der Waals surface area contributed by atoms with Gasteiger partial charge in [0.2, 0.25) is 11.8 Å². The summed E-state index contributed by atoms with van der Waals surface area (Å²) in [6, 6.07) is 14.9. The largest absolute Gasteiger partial charge is 0.390 e. The van der Waals surface area contributed by atoms with E-state index in [0.717, 1.165) is 5.56 Å². The number of aliphatic hydroxyl groups is 2. The first kappa shape index (κ1) is 23.9. The smallest absolute Gasteiger partial charge is 0.227 e. The predicted molar refractivity (Wildman–Crippen MR) is 119 cm³/mol. The SMILES string of the molecule is CC(=O)NC[C@@]1(c2ccccc2)CC[C@H](O)[C@H](O)[C@@H](N(C)C(=O)Cc2cccc(F)c2)C1. The number of benzene rings is 2. The Kier molecular flexibility index (Phi) is 7.64. The highest BCUT2D eigenvalue weighted by Crippen LogP contribution is 2.39. The van der Waals surface area contributed by atoms with Crippen LogP contribution in [-0.4, -0.2) is 58.8 Å². The molecule has 1 aliphatic carbocycles. The lowest BCUT2D eigenvalue weighted by atomic mass is 9.73. The number of carbonyl (C=O) groups is 2. The maximum atomic E-state index is 13.5. The van der Waals surface area contributed by atoms with Crippen molar-refractivity contribution in [2.24, 2.45) is 0 Å². The first-order valence-corrected chi connectivity index (χ1v) is 10.9. The molecule has 0 radical (unpaired) electrons. The van der Waals surface area contributed by atoms with Gasteiger partial charge in [0.05, 0.1) is 18.6 Å². The summed E-state index contributed by atoms with van der Waals surface area (Å²) in [5, 5.41) is 24.4. The van der Waals surface area contributed by atoms with Crippen LogP contribution in [0.5, 0.6) is 0 Å². The van der Waals surface area contributed by atoms with Crippen LogP contribution in [0, 0.1) is 5.82 Å². The van der Waals surface area contributed by atoms with E-state index in [2.05, 4.69) is 5.32 Å². The molecule has 7 heteroatoms. The average Bonchev–Trinajstić information content (AvgIpc) is 2.90. The van der Waals surface area contributed by atoms with Gasteiger partial charge in [-0.05, 0) is 42.5 Å². The van der Waals surface area contributed by atoms with Crippen LogP contribution in [0.4, 0.5) is 4.39 Å². The van der Waals surface area contributed by atoms with E-state index in [1.165, 1.54) is 24.0 Å². The van der Waals surface area contributed by atoms with Gasteiger partial charge in [-0.2, -0.15) is 0 Å². The molecule has 2 amide bonds. The van der Waals surface area contributed by atoms with Gasteiger partial charge in [-0.25, -0.2) is 4.39 Å². The quantitative estimate of drug-likeness (QED) is 0.598. The number of likely N-dealkylation sites (N-methyl/N-ethyl adjacent to an activating group) is 1. The molecule has 0 saturated heterocycles. The molecule has 0 heterocycles. The number of rotatable bonds is 6. The molecule has 0 bridgehead atoms. The van der Waals surface area contributed by atoms with Crippen LogP contribution in [0.15, 0.2) is 54.6 Å². The van der Waals surface area contributed by atoms with Crippen molar-refractivity contribution in [3.8, 4) is 0 Å². The van der Waals surface area contributed by atoms with Gasteiger partial charge in [-0.1, -0.05) is 42.5 Å². The fourth-order valence-electron chi connectivity index (χ4n) is 4.58. The second-order valence-corrected chi connectivity index (χ2v) is 8.74. The number of nitrogens with zero attached hydrogens (tertiary/aromatic N) is 1. The summed E-state index contributed by atoms with van der Waals surface area (Å²) in [5.74, 6) is -0.866. The zero-order valence-electron chi connectivity index (χ0n) is 18.5. The van der Waals surface area contributed by atoms with Crippen molar-refractivity contribution in [2.45, 2.75) is 56.3 Å². The highest BCUT2D eigenvalue weighted by Gasteiger charge is 2.44. The number of carbonyl (C=O) groups excluding carboxylic acids is 2. The standard InChI is InChI=1S/C25H31FN2O4/c1-17(29)27-16-25(19-8-4-3-5-9-19)12-11-22(30)24(32)21(15-25)28(2)23(31)14-18-7-6-10-20(26)13-18/h3-10,13,21-22,24,30,32H,11-12,14-16H2,1-2H3,(H,27,29)/t21-,22-,24+,25+/m0/s1. The minimum Gasteiger partial charge on any atom is -0.390 e. The maximum absolute atomic E-state index is 13.5. The topological polar surface area (TPSA) is 89.9 Å². The fourth-order valence-corrected chi connectivity index (χ4v) is 4.58. The molecule has 1 fully saturated rings. The highest BCUT2D eigenvalue weighted by molar-refractivity contribution is 5.79.